The third kappa shape index (κ3) is 5.30. The van der Waals surface area contributed by atoms with E-state index in [0.717, 1.165) is 28.5 Å². The third-order valence-electron chi connectivity index (χ3n) is 6.55. The Morgan fingerprint density at radius 1 is 1.21 bits per heavy atom. The van der Waals surface area contributed by atoms with Gasteiger partial charge in [-0.05, 0) is 74.3 Å². The summed E-state index contributed by atoms with van der Waals surface area (Å²) in [6.45, 7) is 3.46. The van der Waals surface area contributed by atoms with E-state index in [1.54, 1.807) is 25.1 Å². The van der Waals surface area contributed by atoms with Gasteiger partial charge in [-0.1, -0.05) is 23.2 Å². The van der Waals surface area contributed by atoms with Gasteiger partial charge in [0.05, 0.1) is 12.0 Å². The zero-order valence-corrected chi connectivity index (χ0v) is 20.3. The SMILES string of the molecule is C[C@@H](O)C1C(=O)N(CCc2c[nH]c3ccc(O)cc23)CC[C@@H]1N(C)Cc1cc(Cl)cc(Cl)c1. The number of aliphatic hydroxyl groups excluding tert-OH is 1. The highest BCUT2D eigenvalue weighted by Crippen LogP contribution is 2.29. The van der Waals surface area contributed by atoms with Crippen molar-refractivity contribution in [2.24, 2.45) is 5.92 Å². The minimum absolute atomic E-state index is 0.0279. The van der Waals surface area contributed by atoms with Crippen LogP contribution in [0.2, 0.25) is 10.0 Å². The second kappa shape index (κ2) is 9.94. The van der Waals surface area contributed by atoms with E-state index in [2.05, 4.69) is 9.88 Å². The molecule has 1 aliphatic rings. The summed E-state index contributed by atoms with van der Waals surface area (Å²) in [6.07, 6.45) is 2.60. The quantitative estimate of drug-likeness (QED) is 0.457. The Labute approximate surface area is 203 Å². The van der Waals surface area contributed by atoms with Gasteiger partial charge in [0.25, 0.3) is 0 Å². The van der Waals surface area contributed by atoms with Crippen molar-refractivity contribution in [2.75, 3.05) is 20.1 Å². The van der Waals surface area contributed by atoms with E-state index >= 15 is 0 Å². The Morgan fingerprint density at radius 3 is 2.64 bits per heavy atom. The van der Waals surface area contributed by atoms with Crippen molar-refractivity contribution in [1.29, 1.82) is 0 Å². The van der Waals surface area contributed by atoms with Crippen LogP contribution in [0.5, 0.6) is 5.75 Å². The minimum atomic E-state index is -0.763. The van der Waals surface area contributed by atoms with Crippen LogP contribution in [-0.2, 0) is 17.8 Å². The Balaban J connectivity index is 1.45. The number of hydrogen-bond acceptors (Lipinski definition) is 4. The Bertz CT molecular complexity index is 1130. The number of benzene rings is 2. The maximum atomic E-state index is 13.4. The number of halogens is 2. The van der Waals surface area contributed by atoms with Gasteiger partial charge < -0.3 is 20.1 Å². The van der Waals surface area contributed by atoms with E-state index in [9.17, 15) is 15.0 Å². The molecule has 176 valence electrons. The van der Waals surface area contributed by atoms with Crippen LogP contribution in [0, 0.1) is 5.92 Å². The van der Waals surface area contributed by atoms with E-state index < -0.39 is 12.0 Å². The first-order chi connectivity index (χ1) is 15.7. The van der Waals surface area contributed by atoms with Gasteiger partial charge in [0.15, 0.2) is 0 Å². The second-order valence-electron chi connectivity index (χ2n) is 8.93. The van der Waals surface area contributed by atoms with Crippen LogP contribution in [0.3, 0.4) is 0 Å². The number of aromatic amines is 1. The lowest BCUT2D eigenvalue weighted by molar-refractivity contribution is -0.147. The number of H-pyrrole nitrogens is 1. The lowest BCUT2D eigenvalue weighted by atomic mass is 9.85. The van der Waals surface area contributed by atoms with Crippen molar-refractivity contribution in [3.8, 4) is 5.75 Å². The first-order valence-electron chi connectivity index (χ1n) is 11.1. The maximum Gasteiger partial charge on any atom is 0.229 e. The van der Waals surface area contributed by atoms with Gasteiger partial charge in [-0.2, -0.15) is 0 Å². The van der Waals surface area contributed by atoms with E-state index in [1.165, 1.54) is 0 Å². The summed E-state index contributed by atoms with van der Waals surface area (Å²) in [7, 11) is 1.97. The van der Waals surface area contributed by atoms with Crippen LogP contribution in [-0.4, -0.2) is 63.2 Å². The molecule has 1 aliphatic heterocycles. The number of phenolic OH excluding ortho intramolecular Hbond substituents is 1. The molecule has 3 N–H and O–H groups in total. The number of aromatic nitrogens is 1. The van der Waals surface area contributed by atoms with Crippen LogP contribution in [0.15, 0.2) is 42.6 Å². The van der Waals surface area contributed by atoms with Crippen LogP contribution >= 0.6 is 23.2 Å². The summed E-state index contributed by atoms with van der Waals surface area (Å²) in [5.74, 6) is -0.316. The average molecular weight is 490 g/mol. The molecule has 1 saturated heterocycles. The maximum absolute atomic E-state index is 13.4. The molecular weight excluding hydrogens is 461 g/mol. The van der Waals surface area contributed by atoms with Gasteiger partial charge in [0.1, 0.15) is 5.75 Å². The monoisotopic (exact) mass is 489 g/mol. The molecule has 6 nitrogen and oxygen atoms in total. The number of nitrogens with one attached hydrogen (secondary N) is 1. The average Bonchev–Trinajstić information content (AvgIpc) is 3.13. The first-order valence-corrected chi connectivity index (χ1v) is 11.9. The van der Waals surface area contributed by atoms with E-state index in [0.29, 0.717) is 36.1 Å². The van der Waals surface area contributed by atoms with Crippen molar-refractivity contribution < 1.29 is 15.0 Å². The van der Waals surface area contributed by atoms with Crippen LogP contribution in [0.4, 0.5) is 0 Å². The number of aromatic hydroxyl groups is 1. The van der Waals surface area contributed by atoms with Crippen molar-refractivity contribution in [3.05, 3.63) is 63.8 Å². The molecule has 0 spiro atoms. The molecule has 0 radical (unpaired) electrons. The topological polar surface area (TPSA) is 79.8 Å². The van der Waals surface area contributed by atoms with Gasteiger partial charge in [0, 0.05) is 52.8 Å². The van der Waals surface area contributed by atoms with Crippen molar-refractivity contribution in [1.82, 2.24) is 14.8 Å². The van der Waals surface area contributed by atoms with Crippen molar-refractivity contribution in [2.45, 2.75) is 38.5 Å². The standard InChI is InChI=1S/C25H29Cl2N3O3/c1-15(31)24-23(29(2)14-16-9-18(26)11-19(27)10-16)6-8-30(25(24)33)7-5-17-13-28-22-4-3-20(32)12-21(17)22/h3-4,9-13,15,23-24,28,31-32H,5-8,14H2,1-2H3/t15-,23+,24?/m1/s1. The van der Waals surface area contributed by atoms with Crippen molar-refractivity contribution in [3.63, 3.8) is 0 Å². The molecule has 0 bridgehead atoms. The molecule has 0 saturated carbocycles. The smallest absolute Gasteiger partial charge is 0.229 e. The number of likely N-dealkylation sites (tertiary alicyclic amines) is 1. The summed E-state index contributed by atoms with van der Waals surface area (Å²) >= 11 is 12.3. The van der Waals surface area contributed by atoms with Crippen LogP contribution < -0.4 is 0 Å². The van der Waals surface area contributed by atoms with E-state index in [4.69, 9.17) is 23.2 Å². The van der Waals surface area contributed by atoms with Gasteiger partial charge in [0.2, 0.25) is 5.91 Å². The molecule has 3 atom stereocenters. The van der Waals surface area contributed by atoms with Crippen molar-refractivity contribution >= 4 is 40.0 Å². The zero-order chi connectivity index (χ0) is 23.7. The van der Waals surface area contributed by atoms with Crippen LogP contribution in [0.25, 0.3) is 10.9 Å². The molecule has 33 heavy (non-hydrogen) atoms. The van der Waals surface area contributed by atoms with Gasteiger partial charge >= 0.3 is 0 Å². The number of carbonyl (C=O) groups excluding carboxylic acids is 1. The third-order valence-corrected chi connectivity index (χ3v) is 6.98. The largest absolute Gasteiger partial charge is 0.508 e. The minimum Gasteiger partial charge on any atom is -0.508 e. The molecule has 3 aromatic rings. The molecule has 0 aliphatic carbocycles. The number of fused-ring (bicyclic) bond motifs is 1. The number of nitrogens with zero attached hydrogens (tertiary/aromatic N) is 2. The molecule has 1 aromatic heterocycles. The molecule has 1 amide bonds. The summed E-state index contributed by atoms with van der Waals surface area (Å²) in [5, 5.41) is 22.5. The molecule has 8 heteroatoms. The predicted octanol–water partition coefficient (Wildman–Crippen LogP) is 4.45. The van der Waals surface area contributed by atoms with Gasteiger partial charge in [-0.15, -0.1) is 0 Å². The number of hydrogen-bond donors (Lipinski definition) is 3. The lowest BCUT2D eigenvalue weighted by Gasteiger charge is -2.43. The molecule has 1 unspecified atom stereocenters. The fourth-order valence-corrected chi connectivity index (χ4v) is 5.50. The van der Waals surface area contributed by atoms with E-state index in [-0.39, 0.29) is 17.7 Å². The summed E-state index contributed by atoms with van der Waals surface area (Å²) in [5.41, 5.74) is 2.98. The molecular formula is C25H29Cl2N3O3. The second-order valence-corrected chi connectivity index (χ2v) is 9.81. The predicted molar refractivity (Wildman–Crippen MR) is 132 cm³/mol. The van der Waals surface area contributed by atoms with Gasteiger partial charge in [-0.25, -0.2) is 0 Å². The highest BCUT2D eigenvalue weighted by molar-refractivity contribution is 6.34. The lowest BCUT2D eigenvalue weighted by Crippen LogP contribution is -2.56. The molecule has 1 fully saturated rings. The number of rotatable bonds is 7. The van der Waals surface area contributed by atoms with E-state index in [1.807, 2.05) is 36.3 Å². The summed E-state index contributed by atoms with van der Waals surface area (Å²) in [6, 6.07) is 10.6. The summed E-state index contributed by atoms with van der Waals surface area (Å²) < 4.78 is 0. The Hall–Kier alpha value is -2.25. The van der Waals surface area contributed by atoms with Crippen LogP contribution in [0.1, 0.15) is 24.5 Å². The zero-order valence-electron chi connectivity index (χ0n) is 18.8. The fourth-order valence-electron chi connectivity index (χ4n) is 4.93. The molecule has 4 rings (SSSR count). The van der Waals surface area contributed by atoms with Gasteiger partial charge in [-0.3, -0.25) is 9.69 Å². The first kappa shape index (κ1) is 23.9. The number of carbonyl (C=O) groups is 1. The summed E-state index contributed by atoms with van der Waals surface area (Å²) in [4.78, 5) is 20.5. The fraction of sp³-hybridized carbons (Fsp3) is 0.400. The Morgan fingerprint density at radius 2 is 1.94 bits per heavy atom. The molecule has 2 heterocycles. The number of aliphatic hydroxyl groups is 1. The Kier molecular flexibility index (Phi) is 7.19. The molecule has 2 aromatic carbocycles. The highest BCUT2D eigenvalue weighted by Gasteiger charge is 2.41. The highest BCUT2D eigenvalue weighted by atomic mass is 35.5. The number of amides is 1. The number of piperidine rings is 1. The number of phenols is 1. The normalized spacial score (nSPS) is 20.1.